The van der Waals surface area contributed by atoms with Crippen LogP contribution >= 0.6 is 0 Å². The fourth-order valence-corrected chi connectivity index (χ4v) is 1.49. The molecule has 1 atom stereocenters. The van der Waals surface area contributed by atoms with E-state index in [0.29, 0.717) is 5.69 Å². The summed E-state index contributed by atoms with van der Waals surface area (Å²) in [5.41, 5.74) is 0.759. The molecule has 1 heterocycles. The van der Waals surface area contributed by atoms with Crippen LogP contribution in [-0.2, 0) is 4.74 Å². The van der Waals surface area contributed by atoms with Gasteiger partial charge in [-0.05, 0) is 31.1 Å². The molecule has 88 valence electrons. The average molecular weight is 232 g/mol. The van der Waals surface area contributed by atoms with Crippen LogP contribution in [0, 0.1) is 10.1 Å². The van der Waals surface area contributed by atoms with Crippen molar-refractivity contribution in [3.8, 4) is 0 Å². The van der Waals surface area contributed by atoms with Crippen LogP contribution in [0.1, 0.15) is 12.8 Å². The van der Waals surface area contributed by atoms with Gasteiger partial charge >= 0.3 is 0 Å². The molecule has 0 aromatic heterocycles. The fourth-order valence-electron chi connectivity index (χ4n) is 1.49. The largest absolute Gasteiger partial charge is 0.493 e. The molecule has 5 nitrogen and oxygen atoms in total. The van der Waals surface area contributed by atoms with Gasteiger partial charge in [0, 0.05) is 18.3 Å². The summed E-state index contributed by atoms with van der Waals surface area (Å²) in [7, 11) is 0. The monoisotopic (exact) mass is 232 g/mol. The molecule has 0 aliphatic carbocycles. The highest BCUT2D eigenvalue weighted by atomic mass is 16.6. The van der Waals surface area contributed by atoms with Crippen molar-refractivity contribution in [2.45, 2.75) is 18.9 Å². The van der Waals surface area contributed by atoms with E-state index in [0.717, 1.165) is 12.8 Å². The first-order valence-electron chi connectivity index (χ1n) is 5.35. The number of ether oxygens (including phenoxy) is 1. The molecular formula is C12H12N2O3. The van der Waals surface area contributed by atoms with Crippen molar-refractivity contribution in [1.29, 1.82) is 0 Å². The third kappa shape index (κ3) is 3.14. The SMILES string of the molecule is O=[N+]([O-])c1ccc(N=C[C@@H]2CCC=CO2)cc1. The number of non-ortho nitro benzene ring substituents is 1. The lowest BCUT2D eigenvalue weighted by molar-refractivity contribution is -0.384. The number of hydrogen-bond acceptors (Lipinski definition) is 4. The molecule has 0 spiro atoms. The molecule has 2 rings (SSSR count). The van der Waals surface area contributed by atoms with Gasteiger partial charge < -0.3 is 4.74 Å². The molecule has 0 N–H and O–H groups in total. The standard InChI is InChI=1S/C12H12N2O3/c15-14(16)11-6-4-10(5-7-11)13-9-12-3-1-2-8-17-12/h2,4-9,12H,1,3H2/t12-/m0/s1. The van der Waals surface area contributed by atoms with Crippen molar-refractivity contribution >= 4 is 17.6 Å². The zero-order valence-electron chi connectivity index (χ0n) is 9.15. The molecule has 1 aliphatic heterocycles. The molecule has 0 saturated heterocycles. The minimum absolute atomic E-state index is 0.00445. The Labute approximate surface area is 98.6 Å². The highest BCUT2D eigenvalue weighted by Gasteiger charge is 2.07. The molecular weight excluding hydrogens is 220 g/mol. The Morgan fingerprint density at radius 1 is 1.41 bits per heavy atom. The van der Waals surface area contributed by atoms with Crippen molar-refractivity contribution < 1.29 is 9.66 Å². The molecule has 1 aromatic carbocycles. The van der Waals surface area contributed by atoms with Crippen LogP contribution in [0.3, 0.4) is 0 Å². The summed E-state index contributed by atoms with van der Waals surface area (Å²) in [6.07, 6.45) is 7.26. The van der Waals surface area contributed by atoms with Crippen LogP contribution in [0.4, 0.5) is 11.4 Å². The number of aliphatic imine (C=N–C) groups is 1. The summed E-state index contributed by atoms with van der Waals surface area (Å²) in [6, 6.07) is 6.11. The lowest BCUT2D eigenvalue weighted by atomic mass is 10.2. The van der Waals surface area contributed by atoms with E-state index >= 15 is 0 Å². The van der Waals surface area contributed by atoms with Crippen molar-refractivity contribution in [1.82, 2.24) is 0 Å². The second-order valence-electron chi connectivity index (χ2n) is 3.68. The topological polar surface area (TPSA) is 64.7 Å². The Hall–Kier alpha value is -2.17. The quantitative estimate of drug-likeness (QED) is 0.457. The zero-order chi connectivity index (χ0) is 12.1. The second kappa shape index (κ2) is 5.25. The van der Waals surface area contributed by atoms with E-state index < -0.39 is 4.92 Å². The predicted molar refractivity (Wildman–Crippen MR) is 64.5 cm³/mol. The second-order valence-corrected chi connectivity index (χ2v) is 3.68. The molecule has 17 heavy (non-hydrogen) atoms. The first-order chi connectivity index (χ1) is 8.25. The van der Waals surface area contributed by atoms with E-state index in [1.54, 1.807) is 24.6 Å². The maximum atomic E-state index is 10.5. The minimum atomic E-state index is -0.428. The summed E-state index contributed by atoms with van der Waals surface area (Å²) in [6.45, 7) is 0. The average Bonchev–Trinajstić information content (AvgIpc) is 2.38. The molecule has 0 radical (unpaired) electrons. The first kappa shape index (κ1) is 11.3. The van der Waals surface area contributed by atoms with E-state index in [-0.39, 0.29) is 11.8 Å². The number of rotatable bonds is 3. The lowest BCUT2D eigenvalue weighted by Crippen LogP contribution is -2.13. The third-order valence-corrected chi connectivity index (χ3v) is 2.42. The first-order valence-corrected chi connectivity index (χ1v) is 5.35. The van der Waals surface area contributed by atoms with Gasteiger partial charge in [0.05, 0.1) is 16.9 Å². The van der Waals surface area contributed by atoms with Gasteiger partial charge in [0.25, 0.3) is 5.69 Å². The molecule has 0 fully saturated rings. The molecule has 5 heteroatoms. The summed E-state index contributed by atoms with van der Waals surface area (Å²) in [4.78, 5) is 14.3. The van der Waals surface area contributed by atoms with Gasteiger partial charge in [-0.1, -0.05) is 0 Å². The number of nitrogens with zero attached hydrogens (tertiary/aromatic N) is 2. The van der Waals surface area contributed by atoms with E-state index in [9.17, 15) is 10.1 Å². The Morgan fingerprint density at radius 3 is 2.76 bits per heavy atom. The van der Waals surface area contributed by atoms with Gasteiger partial charge in [-0.15, -0.1) is 0 Å². The van der Waals surface area contributed by atoms with Crippen LogP contribution in [0.15, 0.2) is 41.6 Å². The Kier molecular flexibility index (Phi) is 3.49. The molecule has 0 amide bonds. The van der Waals surface area contributed by atoms with E-state index in [2.05, 4.69) is 4.99 Å². The highest BCUT2D eigenvalue weighted by molar-refractivity contribution is 5.68. The number of nitro groups is 1. The van der Waals surface area contributed by atoms with Crippen LogP contribution in [-0.4, -0.2) is 17.2 Å². The summed E-state index contributed by atoms with van der Waals surface area (Å²) < 4.78 is 5.32. The van der Waals surface area contributed by atoms with E-state index in [1.807, 2.05) is 6.08 Å². The summed E-state index contributed by atoms with van der Waals surface area (Å²) in [5, 5.41) is 10.5. The molecule has 0 unspecified atom stereocenters. The summed E-state index contributed by atoms with van der Waals surface area (Å²) in [5.74, 6) is 0. The number of hydrogen-bond donors (Lipinski definition) is 0. The number of nitro benzene ring substituents is 1. The van der Waals surface area contributed by atoms with Crippen LogP contribution in [0.5, 0.6) is 0 Å². The van der Waals surface area contributed by atoms with E-state index in [4.69, 9.17) is 4.74 Å². The van der Waals surface area contributed by atoms with Gasteiger partial charge in [0.1, 0.15) is 6.10 Å². The highest BCUT2D eigenvalue weighted by Crippen LogP contribution is 2.18. The van der Waals surface area contributed by atoms with Crippen molar-refractivity contribution in [2.75, 3.05) is 0 Å². The Balaban J connectivity index is 2.00. The van der Waals surface area contributed by atoms with Gasteiger partial charge in [-0.25, -0.2) is 0 Å². The third-order valence-electron chi connectivity index (χ3n) is 2.42. The normalized spacial score (nSPS) is 19.2. The van der Waals surface area contributed by atoms with Crippen molar-refractivity contribution in [3.05, 3.63) is 46.7 Å². The van der Waals surface area contributed by atoms with Gasteiger partial charge in [-0.3, -0.25) is 15.1 Å². The minimum Gasteiger partial charge on any atom is -0.493 e. The maximum absolute atomic E-state index is 10.5. The maximum Gasteiger partial charge on any atom is 0.269 e. The zero-order valence-corrected chi connectivity index (χ0v) is 9.15. The van der Waals surface area contributed by atoms with Crippen molar-refractivity contribution in [3.63, 3.8) is 0 Å². The molecule has 0 saturated carbocycles. The van der Waals surface area contributed by atoms with Gasteiger partial charge in [-0.2, -0.15) is 0 Å². The van der Waals surface area contributed by atoms with Crippen molar-refractivity contribution in [2.24, 2.45) is 4.99 Å². The van der Waals surface area contributed by atoms with Crippen LogP contribution < -0.4 is 0 Å². The Morgan fingerprint density at radius 2 is 2.18 bits per heavy atom. The van der Waals surface area contributed by atoms with Crippen LogP contribution in [0.25, 0.3) is 0 Å². The predicted octanol–water partition coefficient (Wildman–Crippen LogP) is 2.99. The van der Waals surface area contributed by atoms with Crippen LogP contribution in [0.2, 0.25) is 0 Å². The van der Waals surface area contributed by atoms with Gasteiger partial charge in [0.2, 0.25) is 0 Å². The van der Waals surface area contributed by atoms with E-state index in [1.165, 1.54) is 12.1 Å². The Bertz CT molecular complexity index is 451. The molecule has 1 aliphatic rings. The number of benzene rings is 1. The molecule has 1 aromatic rings. The fraction of sp³-hybridized carbons (Fsp3) is 0.250. The van der Waals surface area contributed by atoms with Gasteiger partial charge in [0.15, 0.2) is 0 Å². The molecule has 0 bridgehead atoms. The smallest absolute Gasteiger partial charge is 0.269 e. The lowest BCUT2D eigenvalue weighted by Gasteiger charge is -2.14. The summed E-state index contributed by atoms with van der Waals surface area (Å²) >= 11 is 0. The number of allylic oxidation sites excluding steroid dienone is 1.